The fourth-order valence-corrected chi connectivity index (χ4v) is 7.93. The van der Waals surface area contributed by atoms with Gasteiger partial charge in [0.1, 0.15) is 23.0 Å². The molecule has 0 aliphatic carbocycles. The fourth-order valence-electron chi connectivity index (χ4n) is 7.93. The van der Waals surface area contributed by atoms with Gasteiger partial charge in [-0.25, -0.2) is 0 Å². The van der Waals surface area contributed by atoms with Crippen LogP contribution in [0, 0.1) is 0 Å². The lowest BCUT2D eigenvalue weighted by molar-refractivity contribution is -0.0840. The molecule has 0 saturated carbocycles. The van der Waals surface area contributed by atoms with Crippen molar-refractivity contribution in [2.24, 2.45) is 0 Å². The van der Waals surface area contributed by atoms with E-state index in [1.807, 2.05) is 72.8 Å². The second kappa shape index (κ2) is 18.9. The maximum atomic E-state index is 7.87. The first-order valence-electron chi connectivity index (χ1n) is 21.0. The van der Waals surface area contributed by atoms with Crippen LogP contribution >= 0.6 is 0 Å². The fraction of sp³-hybridized carbons (Fsp3) is 0.333. The molecule has 0 fully saturated rings. The van der Waals surface area contributed by atoms with Crippen LogP contribution in [0.25, 0.3) is 0 Å². The first kappa shape index (κ1) is 41.5. The van der Waals surface area contributed by atoms with Gasteiger partial charge in [-0.05, 0) is 119 Å². The van der Waals surface area contributed by atoms with E-state index in [2.05, 4.69) is 140 Å². The Morgan fingerprint density at radius 2 is 0.772 bits per heavy atom. The number of hydrogen-bond donors (Lipinski definition) is 0. The number of ether oxygens (including phenoxy) is 3. The van der Waals surface area contributed by atoms with E-state index < -0.39 is 0 Å². The van der Waals surface area contributed by atoms with Gasteiger partial charge in [0, 0.05) is 10.8 Å². The largest absolute Gasteiger partial charge is 0.457 e. The Balaban J connectivity index is 1.44. The quantitative estimate of drug-likeness (QED) is 0.0874. The zero-order valence-corrected chi connectivity index (χ0v) is 35.4. The SMILES string of the molecule is CCC(C)(c1ccc(C(C)C)cc1)C(Cc1cccc(Oc2ccccc2)c1)OC(Cc1cccc(Oc2ccccc2)c1)C(C)(CC)c1ccc(C(C)C)cc1. The molecule has 0 bridgehead atoms. The summed E-state index contributed by atoms with van der Waals surface area (Å²) in [4.78, 5) is 0. The topological polar surface area (TPSA) is 27.7 Å². The van der Waals surface area contributed by atoms with Gasteiger partial charge in [-0.1, -0.05) is 165 Å². The van der Waals surface area contributed by atoms with Crippen LogP contribution in [0.15, 0.2) is 158 Å². The van der Waals surface area contributed by atoms with Crippen LogP contribution in [0.2, 0.25) is 0 Å². The predicted molar refractivity (Wildman–Crippen MR) is 238 cm³/mol. The third-order valence-electron chi connectivity index (χ3n) is 12.3. The van der Waals surface area contributed by atoms with Crippen molar-refractivity contribution < 1.29 is 14.2 Å². The van der Waals surface area contributed by atoms with Crippen molar-refractivity contribution in [1.82, 2.24) is 0 Å². The van der Waals surface area contributed by atoms with Crippen LogP contribution in [0.4, 0.5) is 0 Å². The van der Waals surface area contributed by atoms with Gasteiger partial charge in [-0.3, -0.25) is 0 Å². The Morgan fingerprint density at radius 3 is 1.11 bits per heavy atom. The summed E-state index contributed by atoms with van der Waals surface area (Å²) < 4.78 is 20.6. The molecule has 4 atom stereocenters. The number of benzene rings is 6. The lowest BCUT2D eigenvalue weighted by Crippen LogP contribution is -2.48. The van der Waals surface area contributed by atoms with Crippen LogP contribution in [-0.2, 0) is 28.4 Å². The summed E-state index contributed by atoms with van der Waals surface area (Å²) in [6.07, 6.45) is 2.96. The molecule has 0 N–H and O–H groups in total. The molecule has 0 amide bonds. The van der Waals surface area contributed by atoms with Crippen molar-refractivity contribution in [2.45, 2.75) is 116 Å². The third-order valence-corrected chi connectivity index (χ3v) is 12.3. The molecule has 6 aromatic rings. The molecule has 57 heavy (non-hydrogen) atoms. The molecule has 3 nitrogen and oxygen atoms in total. The van der Waals surface area contributed by atoms with Gasteiger partial charge in [0.05, 0.1) is 12.2 Å². The van der Waals surface area contributed by atoms with Crippen molar-refractivity contribution in [3.8, 4) is 23.0 Å². The molecule has 0 heterocycles. The van der Waals surface area contributed by atoms with Gasteiger partial charge in [0.25, 0.3) is 0 Å². The summed E-state index contributed by atoms with van der Waals surface area (Å²) in [7, 11) is 0. The van der Waals surface area contributed by atoms with Crippen molar-refractivity contribution in [1.29, 1.82) is 0 Å². The van der Waals surface area contributed by atoms with Crippen LogP contribution < -0.4 is 9.47 Å². The zero-order chi connectivity index (χ0) is 40.4. The molecule has 296 valence electrons. The zero-order valence-electron chi connectivity index (χ0n) is 35.4. The molecule has 0 spiro atoms. The average molecular weight is 759 g/mol. The van der Waals surface area contributed by atoms with E-state index in [1.54, 1.807) is 0 Å². The summed E-state index contributed by atoms with van der Waals surface area (Å²) in [6.45, 7) is 18.5. The molecule has 4 unspecified atom stereocenters. The highest BCUT2D eigenvalue weighted by Gasteiger charge is 2.42. The normalized spacial score (nSPS) is 14.8. The standard InChI is InChI=1S/C54H62O3/c1-9-53(7,45-31-27-43(28-32-45)39(3)4)51(37-41-19-17-25-49(35-41)55-47-21-13-11-14-22-47)57-52(54(8,10-2)46-33-29-44(30-34-46)40(5)6)38-42-20-18-26-50(36-42)56-48-23-15-12-16-24-48/h11-36,39-40,51-52H,9-10,37-38H2,1-8H3. The molecular weight excluding hydrogens is 697 g/mol. The minimum absolute atomic E-state index is 0.158. The van der Waals surface area contributed by atoms with Gasteiger partial charge in [-0.15, -0.1) is 0 Å². The van der Waals surface area contributed by atoms with Gasteiger partial charge in [0.2, 0.25) is 0 Å². The Morgan fingerprint density at radius 1 is 0.421 bits per heavy atom. The molecular formula is C54H62O3. The average Bonchev–Trinajstić information content (AvgIpc) is 3.23. The molecule has 6 aromatic carbocycles. The maximum absolute atomic E-state index is 7.87. The molecule has 0 aromatic heterocycles. The van der Waals surface area contributed by atoms with E-state index in [4.69, 9.17) is 14.2 Å². The lowest BCUT2D eigenvalue weighted by atomic mass is 9.70. The third kappa shape index (κ3) is 10.3. The second-order valence-electron chi connectivity index (χ2n) is 16.7. The van der Waals surface area contributed by atoms with E-state index in [0.29, 0.717) is 11.8 Å². The second-order valence-corrected chi connectivity index (χ2v) is 16.7. The highest BCUT2D eigenvalue weighted by molar-refractivity contribution is 5.39. The van der Waals surface area contributed by atoms with E-state index in [0.717, 1.165) is 48.7 Å². The van der Waals surface area contributed by atoms with Crippen LogP contribution in [0.1, 0.15) is 113 Å². The van der Waals surface area contributed by atoms with Crippen LogP contribution in [0.3, 0.4) is 0 Å². The first-order chi connectivity index (χ1) is 27.5. The molecule has 6 rings (SSSR count). The summed E-state index contributed by atoms with van der Waals surface area (Å²) in [6, 6.07) is 55.7. The smallest absolute Gasteiger partial charge is 0.127 e. The van der Waals surface area contributed by atoms with Gasteiger partial charge >= 0.3 is 0 Å². The van der Waals surface area contributed by atoms with Gasteiger partial charge < -0.3 is 14.2 Å². The Kier molecular flexibility index (Phi) is 13.8. The lowest BCUT2D eigenvalue weighted by Gasteiger charge is -2.45. The monoisotopic (exact) mass is 758 g/mol. The van der Waals surface area contributed by atoms with Crippen molar-refractivity contribution >= 4 is 0 Å². The Hall–Kier alpha value is -5.12. The predicted octanol–water partition coefficient (Wildman–Crippen LogP) is 14.8. The minimum atomic E-state index is -0.293. The molecule has 0 saturated heterocycles. The number of para-hydroxylation sites is 2. The Labute approximate surface area is 343 Å². The van der Waals surface area contributed by atoms with Crippen LogP contribution in [0.5, 0.6) is 23.0 Å². The first-order valence-corrected chi connectivity index (χ1v) is 21.0. The van der Waals surface area contributed by atoms with E-state index in [1.165, 1.54) is 33.4 Å². The highest BCUT2D eigenvalue weighted by atomic mass is 16.5. The summed E-state index contributed by atoms with van der Waals surface area (Å²) in [5, 5.41) is 0. The van der Waals surface area contributed by atoms with Crippen molar-refractivity contribution in [3.05, 3.63) is 191 Å². The summed E-state index contributed by atoms with van der Waals surface area (Å²) in [5.41, 5.74) is 7.07. The minimum Gasteiger partial charge on any atom is -0.457 e. The van der Waals surface area contributed by atoms with Crippen molar-refractivity contribution in [2.75, 3.05) is 0 Å². The van der Waals surface area contributed by atoms with Gasteiger partial charge in [0.15, 0.2) is 0 Å². The molecule has 3 heteroatoms. The van der Waals surface area contributed by atoms with E-state index >= 15 is 0 Å². The maximum Gasteiger partial charge on any atom is 0.127 e. The highest BCUT2D eigenvalue weighted by Crippen LogP contribution is 2.42. The number of hydrogen-bond acceptors (Lipinski definition) is 3. The van der Waals surface area contributed by atoms with E-state index in [9.17, 15) is 0 Å². The molecule has 0 aliphatic rings. The molecule has 0 aliphatic heterocycles. The van der Waals surface area contributed by atoms with Gasteiger partial charge in [-0.2, -0.15) is 0 Å². The number of rotatable bonds is 18. The summed E-state index contributed by atoms with van der Waals surface area (Å²) >= 11 is 0. The van der Waals surface area contributed by atoms with Crippen LogP contribution in [-0.4, -0.2) is 12.2 Å². The molecule has 0 radical (unpaired) electrons. The van der Waals surface area contributed by atoms with Crippen molar-refractivity contribution in [3.63, 3.8) is 0 Å². The van der Waals surface area contributed by atoms with E-state index in [-0.39, 0.29) is 23.0 Å². The summed E-state index contributed by atoms with van der Waals surface area (Å²) in [5.74, 6) is 4.23. The Bertz CT molecular complexity index is 1970.